The molecule has 0 N–H and O–H groups in total. The highest BCUT2D eigenvalue weighted by Crippen LogP contribution is 2.34. The molecule has 31 heavy (non-hydrogen) atoms. The number of rotatable bonds is 7. The second-order valence-corrected chi connectivity index (χ2v) is 9.89. The Kier molecular flexibility index (Phi) is 8.54. The fraction of sp³-hybridized carbons (Fsp3) is 0.278. The SMILES string of the molecule is CCC(C)c1cc(I)c(OCC(=O)Oc2c(F)c(F)c(S(=O)(=O)[O-])c(F)c2F)c(I)c1. The van der Waals surface area contributed by atoms with Crippen molar-refractivity contribution in [2.24, 2.45) is 0 Å². The van der Waals surface area contributed by atoms with E-state index in [-0.39, 0.29) is 11.7 Å². The molecule has 2 aromatic carbocycles. The summed E-state index contributed by atoms with van der Waals surface area (Å²) in [5.41, 5.74) is 1.04. The molecule has 0 aliphatic carbocycles. The van der Waals surface area contributed by atoms with Gasteiger partial charge in [-0.25, -0.2) is 22.0 Å². The molecule has 1 atom stereocenters. The largest absolute Gasteiger partial charge is 0.744 e. The van der Waals surface area contributed by atoms with Gasteiger partial charge in [0, 0.05) is 0 Å². The maximum Gasteiger partial charge on any atom is 0.349 e. The van der Waals surface area contributed by atoms with Crippen molar-refractivity contribution in [2.45, 2.75) is 31.1 Å². The number of hydrogen-bond acceptors (Lipinski definition) is 6. The zero-order valence-electron chi connectivity index (χ0n) is 15.8. The molecule has 0 aromatic heterocycles. The van der Waals surface area contributed by atoms with Crippen LogP contribution in [0, 0.1) is 30.4 Å². The second-order valence-electron chi connectivity index (χ2n) is 6.25. The topological polar surface area (TPSA) is 92.7 Å². The first-order chi connectivity index (χ1) is 14.3. The Balaban J connectivity index is 2.25. The lowest BCUT2D eigenvalue weighted by atomic mass is 9.99. The van der Waals surface area contributed by atoms with Gasteiger partial charge in [0.05, 0.1) is 7.14 Å². The number of ether oxygens (including phenoxy) is 2. The Bertz CT molecular complexity index is 1090. The highest BCUT2D eigenvalue weighted by atomic mass is 127. The van der Waals surface area contributed by atoms with E-state index in [4.69, 9.17) is 4.74 Å². The molecule has 13 heteroatoms. The normalized spacial score (nSPS) is 12.5. The molecule has 170 valence electrons. The Labute approximate surface area is 202 Å². The van der Waals surface area contributed by atoms with E-state index in [0.717, 1.165) is 12.0 Å². The van der Waals surface area contributed by atoms with Crippen LogP contribution in [0.4, 0.5) is 17.6 Å². The molecule has 0 aliphatic rings. The van der Waals surface area contributed by atoms with Crippen LogP contribution in [0.15, 0.2) is 17.0 Å². The minimum Gasteiger partial charge on any atom is -0.744 e. The Morgan fingerprint density at radius 3 is 1.94 bits per heavy atom. The summed E-state index contributed by atoms with van der Waals surface area (Å²) in [5, 5.41) is 0. The lowest BCUT2D eigenvalue weighted by Gasteiger charge is -2.16. The molecule has 0 heterocycles. The number of hydrogen-bond donors (Lipinski definition) is 0. The standard InChI is InChI=1S/C18H14F4I2O6S/c1-3-7(2)8-4-9(23)16(10(24)5-8)29-6-11(25)30-17-12(19)14(21)18(31(26,27)28)15(22)13(17)20/h4-5,7H,3,6H2,1-2H3,(H,26,27,28)/p-1. The summed E-state index contributed by atoms with van der Waals surface area (Å²) < 4.78 is 98.7. The Morgan fingerprint density at radius 1 is 1.03 bits per heavy atom. The lowest BCUT2D eigenvalue weighted by molar-refractivity contribution is -0.137. The molecule has 0 amide bonds. The number of carbonyl (C=O) groups is 1. The van der Waals surface area contributed by atoms with Crippen LogP contribution in [0.2, 0.25) is 0 Å². The van der Waals surface area contributed by atoms with E-state index < -0.39 is 56.6 Å². The average Bonchev–Trinajstić information content (AvgIpc) is 2.67. The van der Waals surface area contributed by atoms with E-state index in [1.807, 2.05) is 71.2 Å². The van der Waals surface area contributed by atoms with E-state index in [1.54, 1.807) is 0 Å². The van der Waals surface area contributed by atoms with Crippen molar-refractivity contribution >= 4 is 61.3 Å². The summed E-state index contributed by atoms with van der Waals surface area (Å²) in [5.74, 6) is -12.4. The molecular formula is C18H13F4I2O6S-. The minimum atomic E-state index is -5.87. The van der Waals surface area contributed by atoms with Crippen LogP contribution < -0.4 is 9.47 Å². The van der Waals surface area contributed by atoms with Gasteiger partial charge in [-0.05, 0) is 75.2 Å². The zero-order valence-corrected chi connectivity index (χ0v) is 20.9. The van der Waals surface area contributed by atoms with E-state index in [0.29, 0.717) is 7.14 Å². The van der Waals surface area contributed by atoms with Crippen LogP contribution in [0.5, 0.6) is 11.5 Å². The maximum atomic E-state index is 13.9. The summed E-state index contributed by atoms with van der Waals surface area (Å²) in [6.07, 6.45) is 0.898. The first kappa shape index (κ1) is 26.1. The van der Waals surface area contributed by atoms with E-state index in [9.17, 15) is 35.3 Å². The maximum absolute atomic E-state index is 13.9. The van der Waals surface area contributed by atoms with E-state index in [2.05, 4.69) is 4.74 Å². The number of halogens is 6. The summed E-state index contributed by atoms with van der Waals surface area (Å²) in [6.45, 7) is 3.18. The van der Waals surface area contributed by atoms with Crippen LogP contribution >= 0.6 is 45.2 Å². The van der Waals surface area contributed by atoms with Gasteiger partial charge in [0.2, 0.25) is 17.4 Å². The third kappa shape index (κ3) is 5.78. The van der Waals surface area contributed by atoms with Gasteiger partial charge >= 0.3 is 5.97 Å². The molecule has 0 fully saturated rings. The molecule has 0 radical (unpaired) electrons. The van der Waals surface area contributed by atoms with Gasteiger partial charge in [-0.2, -0.15) is 8.78 Å². The van der Waals surface area contributed by atoms with Crippen molar-refractivity contribution in [1.82, 2.24) is 0 Å². The zero-order chi connectivity index (χ0) is 23.7. The lowest BCUT2D eigenvalue weighted by Crippen LogP contribution is -2.21. The van der Waals surface area contributed by atoms with Crippen molar-refractivity contribution in [3.63, 3.8) is 0 Å². The second kappa shape index (κ2) is 10.2. The summed E-state index contributed by atoms with van der Waals surface area (Å²) in [7, 11) is -5.87. The van der Waals surface area contributed by atoms with Gasteiger partial charge in [-0.3, -0.25) is 0 Å². The Hall–Kier alpha value is -1.20. The number of benzene rings is 2. The fourth-order valence-electron chi connectivity index (χ4n) is 2.41. The van der Waals surface area contributed by atoms with Crippen LogP contribution in [0.3, 0.4) is 0 Å². The first-order valence-corrected chi connectivity index (χ1v) is 12.0. The predicted molar refractivity (Wildman–Crippen MR) is 116 cm³/mol. The molecule has 6 nitrogen and oxygen atoms in total. The number of carbonyl (C=O) groups excluding carboxylic acids is 1. The smallest absolute Gasteiger partial charge is 0.349 e. The van der Waals surface area contributed by atoms with Crippen molar-refractivity contribution < 1.29 is 44.8 Å². The van der Waals surface area contributed by atoms with Gasteiger partial charge in [-0.15, -0.1) is 0 Å². The van der Waals surface area contributed by atoms with Gasteiger partial charge in [0.25, 0.3) is 0 Å². The van der Waals surface area contributed by atoms with Crippen molar-refractivity contribution in [3.8, 4) is 11.5 Å². The molecule has 1 unspecified atom stereocenters. The molecular weight excluding hydrogens is 674 g/mol. The molecule has 2 aromatic rings. The quantitative estimate of drug-likeness (QED) is 0.103. The van der Waals surface area contributed by atoms with Crippen molar-refractivity contribution in [2.75, 3.05) is 6.61 Å². The number of esters is 1. The average molecular weight is 687 g/mol. The highest BCUT2D eigenvalue weighted by molar-refractivity contribution is 14.1. The predicted octanol–water partition coefficient (Wildman–Crippen LogP) is 4.85. The molecule has 0 saturated carbocycles. The van der Waals surface area contributed by atoms with Crippen LogP contribution in [-0.2, 0) is 14.9 Å². The summed E-state index contributed by atoms with van der Waals surface area (Å²) in [6, 6.07) is 3.67. The van der Waals surface area contributed by atoms with Gasteiger partial charge in [0.1, 0.15) is 20.8 Å². The molecule has 2 rings (SSSR count). The third-order valence-electron chi connectivity index (χ3n) is 4.19. The summed E-state index contributed by atoms with van der Waals surface area (Å²) in [4.78, 5) is 9.58. The summed E-state index contributed by atoms with van der Waals surface area (Å²) >= 11 is 3.95. The van der Waals surface area contributed by atoms with E-state index in [1.165, 1.54) is 0 Å². The molecule has 0 saturated heterocycles. The van der Waals surface area contributed by atoms with Crippen LogP contribution in [0.25, 0.3) is 0 Å². The fourth-order valence-corrected chi connectivity index (χ4v) is 5.16. The monoisotopic (exact) mass is 687 g/mol. The first-order valence-electron chi connectivity index (χ1n) is 8.43. The van der Waals surface area contributed by atoms with Crippen LogP contribution in [0.1, 0.15) is 31.7 Å². The molecule has 0 bridgehead atoms. The third-order valence-corrected chi connectivity index (χ3v) is 6.65. The van der Waals surface area contributed by atoms with Gasteiger partial charge in [0.15, 0.2) is 18.2 Å². The van der Waals surface area contributed by atoms with Gasteiger partial charge < -0.3 is 14.0 Å². The van der Waals surface area contributed by atoms with Crippen molar-refractivity contribution in [3.05, 3.63) is 48.1 Å². The van der Waals surface area contributed by atoms with Crippen molar-refractivity contribution in [1.29, 1.82) is 0 Å². The molecule has 0 aliphatic heterocycles. The van der Waals surface area contributed by atoms with E-state index >= 15 is 0 Å². The highest BCUT2D eigenvalue weighted by Gasteiger charge is 2.31. The van der Waals surface area contributed by atoms with Gasteiger partial charge in [-0.1, -0.05) is 13.8 Å². The Morgan fingerprint density at radius 2 is 1.52 bits per heavy atom. The molecule has 0 spiro atoms. The minimum absolute atomic E-state index is 0.276. The van der Waals surface area contributed by atoms with Crippen LogP contribution in [-0.4, -0.2) is 25.5 Å².